The van der Waals surface area contributed by atoms with Crippen LogP contribution in [0.25, 0.3) is 0 Å². The molecule has 1 unspecified atom stereocenters. The molecular weight excluding hydrogens is 206 g/mol. The first-order valence-corrected chi connectivity index (χ1v) is 4.93. The molecule has 1 atom stereocenters. The number of carboxylic acid groups (broad SMARTS) is 1. The molecule has 0 aromatic rings. The van der Waals surface area contributed by atoms with E-state index in [0.29, 0.717) is 19.6 Å². The van der Waals surface area contributed by atoms with Gasteiger partial charge in [0.05, 0.1) is 6.54 Å². The number of carbonyl (C=O) groups is 1. The Morgan fingerprint density at radius 3 is 2.80 bits per heavy atom. The van der Waals surface area contributed by atoms with Gasteiger partial charge in [0.2, 0.25) is 0 Å². The summed E-state index contributed by atoms with van der Waals surface area (Å²) >= 11 is 0. The SMILES string of the molecule is CN(CC(F)F)CC1CCN(C(=O)O)C1. The van der Waals surface area contributed by atoms with Crippen molar-refractivity contribution in [1.82, 2.24) is 9.80 Å². The van der Waals surface area contributed by atoms with Crippen molar-refractivity contribution in [2.75, 3.05) is 33.2 Å². The van der Waals surface area contributed by atoms with Crippen molar-refractivity contribution in [3.8, 4) is 0 Å². The Kier molecular flexibility index (Phi) is 4.26. The smallest absolute Gasteiger partial charge is 0.407 e. The van der Waals surface area contributed by atoms with Crippen LogP contribution in [0.3, 0.4) is 0 Å². The van der Waals surface area contributed by atoms with Gasteiger partial charge in [0.25, 0.3) is 6.43 Å². The fourth-order valence-electron chi connectivity index (χ4n) is 1.91. The molecular formula is C9H16F2N2O2. The minimum Gasteiger partial charge on any atom is -0.465 e. The lowest BCUT2D eigenvalue weighted by molar-refractivity contribution is 0.0931. The monoisotopic (exact) mass is 222 g/mol. The summed E-state index contributed by atoms with van der Waals surface area (Å²) in [6, 6.07) is 0. The van der Waals surface area contributed by atoms with Gasteiger partial charge in [-0.1, -0.05) is 0 Å². The van der Waals surface area contributed by atoms with Gasteiger partial charge in [-0.25, -0.2) is 13.6 Å². The number of halogens is 2. The van der Waals surface area contributed by atoms with E-state index in [4.69, 9.17) is 5.11 Å². The number of rotatable bonds is 4. The fraction of sp³-hybridized carbons (Fsp3) is 0.889. The second kappa shape index (κ2) is 5.25. The van der Waals surface area contributed by atoms with E-state index < -0.39 is 12.5 Å². The van der Waals surface area contributed by atoms with E-state index in [1.165, 1.54) is 4.90 Å². The normalized spacial score (nSPS) is 21.7. The van der Waals surface area contributed by atoms with Crippen molar-refractivity contribution >= 4 is 6.09 Å². The highest BCUT2D eigenvalue weighted by molar-refractivity contribution is 5.65. The second-order valence-electron chi connectivity index (χ2n) is 4.00. The average molecular weight is 222 g/mol. The predicted molar refractivity (Wildman–Crippen MR) is 51.2 cm³/mol. The highest BCUT2D eigenvalue weighted by Gasteiger charge is 2.26. The molecule has 0 aromatic carbocycles. The molecule has 6 heteroatoms. The molecule has 88 valence electrons. The van der Waals surface area contributed by atoms with E-state index >= 15 is 0 Å². The molecule has 1 rings (SSSR count). The van der Waals surface area contributed by atoms with Gasteiger partial charge < -0.3 is 14.9 Å². The Morgan fingerprint density at radius 2 is 2.33 bits per heavy atom. The van der Waals surface area contributed by atoms with Gasteiger partial charge in [-0.15, -0.1) is 0 Å². The zero-order valence-electron chi connectivity index (χ0n) is 8.70. The minimum absolute atomic E-state index is 0.185. The number of amides is 1. The lowest BCUT2D eigenvalue weighted by Gasteiger charge is -2.20. The Labute approximate surface area is 87.5 Å². The van der Waals surface area contributed by atoms with Crippen LogP contribution in [0.2, 0.25) is 0 Å². The Hall–Kier alpha value is -0.910. The number of likely N-dealkylation sites (tertiary alicyclic amines) is 1. The van der Waals surface area contributed by atoms with Crippen molar-refractivity contribution in [2.45, 2.75) is 12.8 Å². The summed E-state index contributed by atoms with van der Waals surface area (Å²) in [4.78, 5) is 13.5. The molecule has 0 aliphatic carbocycles. The van der Waals surface area contributed by atoms with Crippen LogP contribution in [0.1, 0.15) is 6.42 Å². The Balaban J connectivity index is 2.26. The summed E-state index contributed by atoms with van der Waals surface area (Å²) in [5.41, 5.74) is 0. The van der Waals surface area contributed by atoms with Crippen molar-refractivity contribution in [1.29, 1.82) is 0 Å². The summed E-state index contributed by atoms with van der Waals surface area (Å²) in [6.07, 6.45) is -2.49. The summed E-state index contributed by atoms with van der Waals surface area (Å²) in [5.74, 6) is 0.185. The van der Waals surface area contributed by atoms with Crippen LogP contribution >= 0.6 is 0 Å². The zero-order chi connectivity index (χ0) is 11.4. The molecule has 0 spiro atoms. The molecule has 1 fully saturated rings. The lowest BCUT2D eigenvalue weighted by Crippen LogP contribution is -2.32. The summed E-state index contributed by atoms with van der Waals surface area (Å²) in [7, 11) is 1.63. The maximum atomic E-state index is 12.0. The first-order valence-electron chi connectivity index (χ1n) is 4.93. The van der Waals surface area contributed by atoms with Gasteiger partial charge in [0.1, 0.15) is 0 Å². The molecule has 1 saturated heterocycles. The van der Waals surface area contributed by atoms with E-state index in [1.54, 1.807) is 11.9 Å². The molecule has 1 amide bonds. The van der Waals surface area contributed by atoms with Crippen LogP contribution in [0.4, 0.5) is 13.6 Å². The van der Waals surface area contributed by atoms with E-state index in [2.05, 4.69) is 0 Å². The molecule has 1 aliphatic heterocycles. The van der Waals surface area contributed by atoms with Gasteiger partial charge in [0, 0.05) is 19.6 Å². The van der Waals surface area contributed by atoms with Gasteiger partial charge in [0.15, 0.2) is 0 Å². The summed E-state index contributed by atoms with van der Waals surface area (Å²) in [5, 5.41) is 8.70. The fourth-order valence-corrected chi connectivity index (χ4v) is 1.91. The van der Waals surface area contributed by atoms with Gasteiger partial charge in [-0.05, 0) is 19.4 Å². The highest BCUT2D eigenvalue weighted by atomic mass is 19.3. The van der Waals surface area contributed by atoms with Crippen LogP contribution < -0.4 is 0 Å². The van der Waals surface area contributed by atoms with E-state index in [9.17, 15) is 13.6 Å². The van der Waals surface area contributed by atoms with Gasteiger partial charge in [-0.3, -0.25) is 0 Å². The maximum Gasteiger partial charge on any atom is 0.407 e. The lowest BCUT2D eigenvalue weighted by atomic mass is 10.1. The van der Waals surface area contributed by atoms with Gasteiger partial charge >= 0.3 is 6.09 Å². The topological polar surface area (TPSA) is 43.8 Å². The number of alkyl halides is 2. The second-order valence-corrected chi connectivity index (χ2v) is 4.00. The van der Waals surface area contributed by atoms with Gasteiger partial charge in [-0.2, -0.15) is 0 Å². The quantitative estimate of drug-likeness (QED) is 0.776. The average Bonchev–Trinajstić information content (AvgIpc) is 2.50. The zero-order valence-corrected chi connectivity index (χ0v) is 8.70. The summed E-state index contributed by atoms with van der Waals surface area (Å²) < 4.78 is 24.0. The first-order chi connectivity index (χ1) is 6.99. The highest BCUT2D eigenvalue weighted by Crippen LogP contribution is 2.17. The van der Waals surface area contributed by atoms with Crippen molar-refractivity contribution in [3.05, 3.63) is 0 Å². The maximum absolute atomic E-state index is 12.0. The molecule has 0 bridgehead atoms. The van der Waals surface area contributed by atoms with Crippen LogP contribution in [-0.2, 0) is 0 Å². The third-order valence-corrected chi connectivity index (χ3v) is 2.58. The summed E-state index contributed by atoms with van der Waals surface area (Å²) in [6.45, 7) is 1.27. The number of nitrogens with zero attached hydrogens (tertiary/aromatic N) is 2. The third-order valence-electron chi connectivity index (χ3n) is 2.58. The molecule has 4 nitrogen and oxygen atoms in total. The molecule has 1 aliphatic rings. The first kappa shape index (κ1) is 12.2. The van der Waals surface area contributed by atoms with E-state index in [1.807, 2.05) is 0 Å². The standard InChI is InChI=1S/C9H16F2N2O2/c1-12(6-8(10)11)4-7-2-3-13(5-7)9(14)15/h7-8H,2-6H2,1H3,(H,14,15). The van der Waals surface area contributed by atoms with E-state index in [-0.39, 0.29) is 12.5 Å². The van der Waals surface area contributed by atoms with Crippen LogP contribution in [0, 0.1) is 5.92 Å². The van der Waals surface area contributed by atoms with Crippen molar-refractivity contribution in [2.24, 2.45) is 5.92 Å². The number of hydrogen-bond acceptors (Lipinski definition) is 2. The minimum atomic E-state index is -2.33. The molecule has 0 aromatic heterocycles. The van der Waals surface area contributed by atoms with Crippen LogP contribution in [0.5, 0.6) is 0 Å². The Morgan fingerprint density at radius 1 is 1.67 bits per heavy atom. The van der Waals surface area contributed by atoms with Crippen molar-refractivity contribution in [3.63, 3.8) is 0 Å². The van der Waals surface area contributed by atoms with Crippen molar-refractivity contribution < 1.29 is 18.7 Å². The van der Waals surface area contributed by atoms with Crippen LogP contribution in [0.15, 0.2) is 0 Å². The Bertz CT molecular complexity index is 226. The predicted octanol–water partition coefficient (Wildman–Crippen LogP) is 1.18. The molecule has 15 heavy (non-hydrogen) atoms. The molecule has 0 saturated carbocycles. The third kappa shape index (κ3) is 3.99. The molecule has 1 heterocycles. The number of hydrogen-bond donors (Lipinski definition) is 1. The molecule has 0 radical (unpaired) electrons. The van der Waals surface area contributed by atoms with Crippen LogP contribution in [-0.4, -0.2) is 60.7 Å². The molecule has 1 N–H and O–H groups in total. The van der Waals surface area contributed by atoms with E-state index in [0.717, 1.165) is 6.42 Å². The largest absolute Gasteiger partial charge is 0.465 e.